The molecule has 4 nitrogen and oxygen atoms in total. The molecule has 0 aromatic carbocycles. The highest BCUT2D eigenvalue weighted by atomic mass is 16.9. The molecule has 134 valence electrons. The van der Waals surface area contributed by atoms with Gasteiger partial charge in [0.05, 0.1) is 0 Å². The van der Waals surface area contributed by atoms with E-state index in [1.165, 1.54) is 38.5 Å². The molecule has 0 aromatic rings. The van der Waals surface area contributed by atoms with E-state index in [1.807, 2.05) is 6.92 Å². The van der Waals surface area contributed by atoms with Gasteiger partial charge in [-0.15, -0.1) is 0 Å². The summed E-state index contributed by atoms with van der Waals surface area (Å²) in [6.07, 6.45) is 10.6. The Morgan fingerprint density at radius 2 is 1.36 bits per heavy atom. The van der Waals surface area contributed by atoms with E-state index in [9.17, 15) is 0 Å². The Bertz CT molecular complexity index is 257. The largest absolute Gasteiger partial charge is 0.330 e. The maximum atomic E-state index is 5.90. The molecule has 0 spiro atoms. The van der Waals surface area contributed by atoms with Gasteiger partial charge in [-0.05, 0) is 32.7 Å². The monoisotopic (exact) mass is 317 g/mol. The molecule has 4 heteroatoms. The highest BCUT2D eigenvalue weighted by Gasteiger charge is 2.50. The molecule has 22 heavy (non-hydrogen) atoms. The zero-order valence-corrected chi connectivity index (χ0v) is 15.6. The van der Waals surface area contributed by atoms with Gasteiger partial charge in [0.1, 0.15) is 0 Å². The number of ether oxygens (including phenoxy) is 3. The first kappa shape index (κ1) is 21.8. The number of rotatable bonds is 15. The topological polar surface area (TPSA) is 53.7 Å². The van der Waals surface area contributed by atoms with Gasteiger partial charge in [-0.1, -0.05) is 52.4 Å². The van der Waals surface area contributed by atoms with Crippen molar-refractivity contribution in [3.05, 3.63) is 0 Å². The lowest BCUT2D eigenvalue weighted by atomic mass is 9.77. The van der Waals surface area contributed by atoms with Crippen LogP contribution >= 0.6 is 0 Å². The zero-order valence-electron chi connectivity index (χ0n) is 15.6. The average molecular weight is 318 g/mol. The second-order valence-electron chi connectivity index (χ2n) is 6.37. The van der Waals surface area contributed by atoms with Crippen LogP contribution in [0.3, 0.4) is 0 Å². The molecule has 0 rings (SSSR count). The molecule has 0 aromatic heterocycles. The smallest absolute Gasteiger partial charge is 0.288 e. The van der Waals surface area contributed by atoms with Gasteiger partial charge >= 0.3 is 0 Å². The molecule has 0 aliphatic heterocycles. The first-order valence-corrected chi connectivity index (χ1v) is 9.00. The van der Waals surface area contributed by atoms with E-state index in [0.717, 1.165) is 19.3 Å². The van der Waals surface area contributed by atoms with Crippen LogP contribution in [-0.4, -0.2) is 33.3 Å². The van der Waals surface area contributed by atoms with Gasteiger partial charge in [0, 0.05) is 26.2 Å². The first-order valence-electron chi connectivity index (χ1n) is 9.00. The fourth-order valence-electron chi connectivity index (χ4n) is 3.28. The van der Waals surface area contributed by atoms with Crippen molar-refractivity contribution in [1.29, 1.82) is 0 Å². The maximum Gasteiger partial charge on any atom is 0.288 e. The van der Waals surface area contributed by atoms with Crippen molar-refractivity contribution in [2.75, 3.05) is 27.4 Å². The van der Waals surface area contributed by atoms with E-state index in [-0.39, 0.29) is 5.41 Å². The SMILES string of the molecule is CCCCCCCCC(C)(CCCN)C(OC)(OC)OCC. The molecule has 0 radical (unpaired) electrons. The number of hydrogen-bond acceptors (Lipinski definition) is 4. The molecule has 1 atom stereocenters. The van der Waals surface area contributed by atoms with Crippen molar-refractivity contribution in [3.63, 3.8) is 0 Å². The summed E-state index contributed by atoms with van der Waals surface area (Å²) in [6.45, 7) is 7.67. The van der Waals surface area contributed by atoms with Crippen molar-refractivity contribution in [1.82, 2.24) is 0 Å². The van der Waals surface area contributed by atoms with Gasteiger partial charge in [0.2, 0.25) is 0 Å². The number of methoxy groups -OCH3 is 2. The third-order valence-electron chi connectivity index (χ3n) is 4.63. The molecular formula is C18H39NO3. The van der Waals surface area contributed by atoms with Crippen LogP contribution in [0.15, 0.2) is 0 Å². The summed E-state index contributed by atoms with van der Waals surface area (Å²) >= 11 is 0. The summed E-state index contributed by atoms with van der Waals surface area (Å²) in [5.41, 5.74) is 5.54. The van der Waals surface area contributed by atoms with Crippen molar-refractivity contribution < 1.29 is 14.2 Å². The Kier molecular flexibility index (Phi) is 12.2. The molecule has 2 N–H and O–H groups in total. The molecular weight excluding hydrogens is 278 g/mol. The third-order valence-corrected chi connectivity index (χ3v) is 4.63. The predicted molar refractivity (Wildman–Crippen MR) is 92.8 cm³/mol. The van der Waals surface area contributed by atoms with Gasteiger partial charge in [-0.25, -0.2) is 0 Å². The lowest BCUT2D eigenvalue weighted by molar-refractivity contribution is -0.413. The van der Waals surface area contributed by atoms with E-state index in [4.69, 9.17) is 19.9 Å². The minimum atomic E-state index is -0.972. The molecule has 0 saturated heterocycles. The average Bonchev–Trinajstić information content (AvgIpc) is 2.54. The molecule has 0 bridgehead atoms. The lowest BCUT2D eigenvalue weighted by Crippen LogP contribution is -2.52. The zero-order chi connectivity index (χ0) is 16.9. The second kappa shape index (κ2) is 12.3. The van der Waals surface area contributed by atoms with Crippen LogP contribution in [0, 0.1) is 5.41 Å². The molecule has 0 fully saturated rings. The van der Waals surface area contributed by atoms with Gasteiger partial charge < -0.3 is 19.9 Å². The minimum absolute atomic E-state index is 0.184. The molecule has 0 heterocycles. The number of nitrogens with two attached hydrogens (primary N) is 1. The van der Waals surface area contributed by atoms with Gasteiger partial charge in [-0.2, -0.15) is 0 Å². The van der Waals surface area contributed by atoms with E-state index in [2.05, 4.69) is 13.8 Å². The second-order valence-corrected chi connectivity index (χ2v) is 6.37. The van der Waals surface area contributed by atoms with Crippen LogP contribution in [-0.2, 0) is 14.2 Å². The molecule has 0 aliphatic rings. The Balaban J connectivity index is 4.73. The Labute approximate surface area is 138 Å². The predicted octanol–water partition coefficient (Wildman–Crippen LogP) is 4.47. The van der Waals surface area contributed by atoms with Crippen molar-refractivity contribution >= 4 is 0 Å². The summed E-state index contributed by atoms with van der Waals surface area (Å²) in [4.78, 5) is 0. The molecule has 0 amide bonds. The van der Waals surface area contributed by atoms with E-state index < -0.39 is 5.97 Å². The first-order chi connectivity index (χ1) is 10.6. The Morgan fingerprint density at radius 1 is 0.818 bits per heavy atom. The Hall–Kier alpha value is -0.160. The van der Waals surface area contributed by atoms with Crippen molar-refractivity contribution in [2.24, 2.45) is 11.1 Å². The van der Waals surface area contributed by atoms with Crippen LogP contribution < -0.4 is 5.73 Å². The van der Waals surface area contributed by atoms with Crippen LogP contribution in [0.5, 0.6) is 0 Å². The molecule has 0 saturated carbocycles. The highest BCUT2D eigenvalue weighted by Crippen LogP contribution is 2.44. The summed E-state index contributed by atoms with van der Waals surface area (Å²) in [6, 6.07) is 0. The fourth-order valence-corrected chi connectivity index (χ4v) is 3.28. The summed E-state index contributed by atoms with van der Waals surface area (Å²) < 4.78 is 17.3. The number of hydrogen-bond donors (Lipinski definition) is 1. The van der Waals surface area contributed by atoms with Gasteiger partial charge in [0.15, 0.2) is 0 Å². The summed E-state index contributed by atoms with van der Waals surface area (Å²) in [5, 5.41) is 0. The minimum Gasteiger partial charge on any atom is -0.330 e. The van der Waals surface area contributed by atoms with Crippen LogP contribution in [0.2, 0.25) is 0 Å². The van der Waals surface area contributed by atoms with Gasteiger partial charge in [0.25, 0.3) is 5.97 Å². The molecule has 1 unspecified atom stereocenters. The van der Waals surface area contributed by atoms with Crippen molar-refractivity contribution in [3.8, 4) is 0 Å². The van der Waals surface area contributed by atoms with E-state index >= 15 is 0 Å². The standard InChI is InChI=1S/C18H39NO3/c1-6-8-9-10-11-12-14-17(3,15-13-16-19)18(20-4,21-5)22-7-2/h6-16,19H2,1-5H3. The highest BCUT2D eigenvalue weighted by molar-refractivity contribution is 4.85. The van der Waals surface area contributed by atoms with Crippen LogP contribution in [0.1, 0.15) is 78.6 Å². The fraction of sp³-hybridized carbons (Fsp3) is 1.00. The van der Waals surface area contributed by atoms with E-state index in [1.54, 1.807) is 14.2 Å². The normalized spacial score (nSPS) is 15.0. The lowest BCUT2D eigenvalue weighted by Gasteiger charge is -2.45. The molecule has 0 aliphatic carbocycles. The third kappa shape index (κ3) is 6.53. The van der Waals surface area contributed by atoms with Crippen LogP contribution in [0.25, 0.3) is 0 Å². The summed E-state index contributed by atoms with van der Waals surface area (Å²) in [5.74, 6) is -0.972. The Morgan fingerprint density at radius 3 is 1.86 bits per heavy atom. The van der Waals surface area contributed by atoms with E-state index in [0.29, 0.717) is 13.2 Å². The van der Waals surface area contributed by atoms with Crippen molar-refractivity contribution in [2.45, 2.75) is 84.5 Å². The number of unbranched alkanes of at least 4 members (excludes halogenated alkanes) is 5. The van der Waals surface area contributed by atoms with Crippen LogP contribution in [0.4, 0.5) is 0 Å². The quantitative estimate of drug-likeness (QED) is 0.358. The maximum absolute atomic E-state index is 5.90. The van der Waals surface area contributed by atoms with Gasteiger partial charge in [-0.3, -0.25) is 0 Å². The summed E-state index contributed by atoms with van der Waals surface area (Å²) in [7, 11) is 3.34.